The largest absolute Gasteiger partial charge is 0.434 e. The molecule has 0 aromatic carbocycles. The minimum atomic E-state index is -4.60. The molecular formula is C12H7F5N4. The molecule has 0 bridgehead atoms. The van der Waals surface area contributed by atoms with Gasteiger partial charge in [0.25, 0.3) is 0 Å². The summed E-state index contributed by atoms with van der Waals surface area (Å²) in [7, 11) is 0. The van der Waals surface area contributed by atoms with Crippen LogP contribution in [0.3, 0.4) is 0 Å². The first-order valence-corrected chi connectivity index (χ1v) is 5.82. The Labute approximate surface area is 114 Å². The maximum Gasteiger partial charge on any atom is 0.434 e. The molecule has 2 aromatic heterocycles. The summed E-state index contributed by atoms with van der Waals surface area (Å²) in [6, 6.07) is -1.22. The standard InChI is InChI=1S/C12H7F5N4/c13-6-1-2-9(14)20-11(6)7-4-21-5-8(12(15,16)17)18-3-10(21)19-7/h1-6,11H. The highest BCUT2D eigenvalue weighted by Gasteiger charge is 2.33. The molecule has 0 radical (unpaired) electrons. The molecule has 1 aliphatic heterocycles. The van der Waals surface area contributed by atoms with Crippen molar-refractivity contribution in [3.63, 3.8) is 0 Å². The second-order valence-corrected chi connectivity index (χ2v) is 4.40. The lowest BCUT2D eigenvalue weighted by Crippen LogP contribution is -2.15. The van der Waals surface area contributed by atoms with E-state index in [1.54, 1.807) is 0 Å². The van der Waals surface area contributed by atoms with Gasteiger partial charge in [-0.05, 0) is 12.2 Å². The lowest BCUT2D eigenvalue weighted by molar-refractivity contribution is -0.141. The van der Waals surface area contributed by atoms with E-state index in [9.17, 15) is 22.0 Å². The molecule has 9 heteroatoms. The van der Waals surface area contributed by atoms with Gasteiger partial charge < -0.3 is 4.40 Å². The van der Waals surface area contributed by atoms with Crippen LogP contribution in [-0.2, 0) is 6.18 Å². The number of fused-ring (bicyclic) bond motifs is 1. The zero-order chi connectivity index (χ0) is 15.2. The number of hydrogen-bond donors (Lipinski definition) is 0. The van der Waals surface area contributed by atoms with E-state index in [2.05, 4.69) is 15.0 Å². The van der Waals surface area contributed by atoms with Gasteiger partial charge in [0.1, 0.15) is 12.2 Å². The van der Waals surface area contributed by atoms with E-state index in [0.29, 0.717) is 0 Å². The monoisotopic (exact) mass is 302 g/mol. The van der Waals surface area contributed by atoms with Gasteiger partial charge in [0.2, 0.25) is 5.97 Å². The number of allylic oxidation sites excluding steroid dienone is 1. The number of aliphatic imine (C=N–C) groups is 1. The second kappa shape index (κ2) is 4.61. The summed E-state index contributed by atoms with van der Waals surface area (Å²) in [5.41, 5.74) is -0.979. The van der Waals surface area contributed by atoms with Gasteiger partial charge in [-0.2, -0.15) is 17.6 Å². The van der Waals surface area contributed by atoms with E-state index >= 15 is 0 Å². The Bertz CT molecular complexity index is 746. The van der Waals surface area contributed by atoms with Gasteiger partial charge in [-0.15, -0.1) is 0 Å². The topological polar surface area (TPSA) is 42.5 Å². The fourth-order valence-corrected chi connectivity index (χ4v) is 1.96. The van der Waals surface area contributed by atoms with E-state index in [1.165, 1.54) is 6.20 Å². The van der Waals surface area contributed by atoms with Crippen LogP contribution in [0.4, 0.5) is 22.0 Å². The van der Waals surface area contributed by atoms with Crippen molar-refractivity contribution in [2.24, 2.45) is 4.99 Å². The number of aromatic nitrogens is 3. The molecule has 0 fully saturated rings. The summed E-state index contributed by atoms with van der Waals surface area (Å²) in [6.07, 6.45) is -1.49. The molecule has 21 heavy (non-hydrogen) atoms. The van der Waals surface area contributed by atoms with Crippen LogP contribution in [0, 0.1) is 0 Å². The SMILES string of the molecule is FC1=NC(c2cn3cc(C(F)(F)F)ncc3n2)C(F)C=C1. The molecule has 2 atom stereocenters. The van der Waals surface area contributed by atoms with Crippen molar-refractivity contribution < 1.29 is 22.0 Å². The lowest BCUT2D eigenvalue weighted by Gasteiger charge is -2.14. The molecule has 0 aliphatic carbocycles. The maximum absolute atomic E-state index is 13.7. The summed E-state index contributed by atoms with van der Waals surface area (Å²) >= 11 is 0. The average molecular weight is 302 g/mol. The molecule has 3 heterocycles. The number of nitrogens with zero attached hydrogens (tertiary/aromatic N) is 4. The summed E-state index contributed by atoms with van der Waals surface area (Å²) in [4.78, 5) is 10.6. The quantitative estimate of drug-likeness (QED) is 0.760. The highest BCUT2D eigenvalue weighted by Crippen LogP contribution is 2.30. The number of dihydropyridines is 1. The van der Waals surface area contributed by atoms with Crippen molar-refractivity contribution in [3.8, 4) is 0 Å². The third kappa shape index (κ3) is 2.50. The number of halogens is 5. The Morgan fingerprint density at radius 3 is 2.67 bits per heavy atom. The van der Waals surface area contributed by atoms with E-state index in [-0.39, 0.29) is 11.3 Å². The van der Waals surface area contributed by atoms with Crippen LogP contribution >= 0.6 is 0 Å². The van der Waals surface area contributed by atoms with Gasteiger partial charge in [-0.3, -0.25) is 0 Å². The Hall–Kier alpha value is -2.32. The average Bonchev–Trinajstić information content (AvgIpc) is 2.83. The van der Waals surface area contributed by atoms with E-state index in [4.69, 9.17) is 0 Å². The Morgan fingerprint density at radius 2 is 1.95 bits per heavy atom. The van der Waals surface area contributed by atoms with E-state index in [0.717, 1.165) is 28.9 Å². The zero-order valence-corrected chi connectivity index (χ0v) is 10.2. The third-order valence-corrected chi connectivity index (χ3v) is 2.94. The second-order valence-electron chi connectivity index (χ2n) is 4.40. The number of rotatable bonds is 1. The predicted molar refractivity (Wildman–Crippen MR) is 63.3 cm³/mol. The molecular weight excluding hydrogens is 295 g/mol. The molecule has 0 saturated heterocycles. The van der Waals surface area contributed by atoms with Gasteiger partial charge in [-0.1, -0.05) is 0 Å². The van der Waals surface area contributed by atoms with Gasteiger partial charge in [0.05, 0.1) is 11.9 Å². The Balaban J connectivity index is 2.04. The molecule has 0 saturated carbocycles. The molecule has 0 N–H and O–H groups in total. The molecule has 0 amide bonds. The van der Waals surface area contributed by atoms with Gasteiger partial charge >= 0.3 is 6.18 Å². The lowest BCUT2D eigenvalue weighted by atomic mass is 10.1. The molecule has 2 unspecified atom stereocenters. The van der Waals surface area contributed by atoms with Crippen molar-refractivity contribution in [2.45, 2.75) is 18.4 Å². The van der Waals surface area contributed by atoms with Crippen LogP contribution < -0.4 is 0 Å². The fraction of sp³-hybridized carbons (Fsp3) is 0.250. The molecule has 110 valence electrons. The van der Waals surface area contributed by atoms with Crippen LogP contribution in [-0.4, -0.2) is 26.5 Å². The highest BCUT2D eigenvalue weighted by molar-refractivity contribution is 5.87. The smallest absolute Gasteiger partial charge is 0.303 e. The van der Waals surface area contributed by atoms with Crippen molar-refractivity contribution >= 4 is 11.6 Å². The van der Waals surface area contributed by atoms with Crippen LogP contribution in [0.15, 0.2) is 35.7 Å². The van der Waals surface area contributed by atoms with Crippen molar-refractivity contribution in [3.05, 3.63) is 42.1 Å². The first-order chi connectivity index (χ1) is 9.84. The van der Waals surface area contributed by atoms with Gasteiger partial charge in [-0.25, -0.2) is 19.4 Å². The number of alkyl halides is 4. The van der Waals surface area contributed by atoms with Crippen LogP contribution in [0.25, 0.3) is 5.65 Å². The van der Waals surface area contributed by atoms with Crippen LogP contribution in [0.2, 0.25) is 0 Å². The first kappa shape index (κ1) is 13.7. The molecule has 3 rings (SSSR count). The maximum atomic E-state index is 13.7. The van der Waals surface area contributed by atoms with Crippen molar-refractivity contribution in [2.75, 3.05) is 0 Å². The van der Waals surface area contributed by atoms with Gasteiger partial charge in [0, 0.05) is 12.4 Å². The minimum Gasteiger partial charge on any atom is -0.303 e. The number of imidazole rings is 1. The third-order valence-electron chi connectivity index (χ3n) is 2.94. The van der Waals surface area contributed by atoms with Crippen molar-refractivity contribution in [1.82, 2.24) is 14.4 Å². The minimum absolute atomic E-state index is 0.0307. The molecule has 2 aromatic rings. The Kier molecular flexibility index (Phi) is 2.99. The molecule has 1 aliphatic rings. The van der Waals surface area contributed by atoms with Crippen LogP contribution in [0.1, 0.15) is 17.4 Å². The zero-order valence-electron chi connectivity index (χ0n) is 10.2. The van der Waals surface area contributed by atoms with E-state index in [1.807, 2.05) is 0 Å². The fourth-order valence-electron chi connectivity index (χ4n) is 1.96. The highest BCUT2D eigenvalue weighted by atomic mass is 19.4. The molecule has 0 spiro atoms. The summed E-state index contributed by atoms with van der Waals surface area (Å²) in [5.74, 6) is -0.861. The van der Waals surface area contributed by atoms with Crippen LogP contribution in [0.5, 0.6) is 0 Å². The summed E-state index contributed by atoms with van der Waals surface area (Å²) in [6.45, 7) is 0. The van der Waals surface area contributed by atoms with Crippen molar-refractivity contribution in [1.29, 1.82) is 0 Å². The Morgan fingerprint density at radius 1 is 1.19 bits per heavy atom. The number of hydrogen-bond acceptors (Lipinski definition) is 3. The summed E-state index contributed by atoms with van der Waals surface area (Å²) < 4.78 is 65.5. The van der Waals surface area contributed by atoms with E-state index < -0.39 is 30.0 Å². The molecule has 4 nitrogen and oxygen atoms in total. The summed E-state index contributed by atoms with van der Waals surface area (Å²) in [5, 5.41) is 0. The first-order valence-electron chi connectivity index (χ1n) is 5.82. The normalized spacial score (nSPS) is 22.6. The predicted octanol–water partition coefficient (Wildman–Crippen LogP) is 3.07. The van der Waals surface area contributed by atoms with Gasteiger partial charge in [0.15, 0.2) is 11.3 Å².